The fraction of sp³-hybridized carbons (Fsp3) is 0.474. The van der Waals surface area contributed by atoms with Gasteiger partial charge in [-0.25, -0.2) is 4.98 Å². The number of anilines is 1. The van der Waals surface area contributed by atoms with Crippen molar-refractivity contribution in [3.05, 3.63) is 71.9 Å². The zero-order chi connectivity index (χ0) is 32.5. The van der Waals surface area contributed by atoms with Crippen LogP contribution in [0.5, 0.6) is 11.5 Å². The van der Waals surface area contributed by atoms with Gasteiger partial charge in [-0.1, -0.05) is 20.8 Å². The second-order valence-electron chi connectivity index (χ2n) is 13.9. The predicted molar refractivity (Wildman–Crippen MR) is 185 cm³/mol. The van der Waals surface area contributed by atoms with Crippen LogP contribution in [0.25, 0.3) is 22.2 Å². The smallest absolute Gasteiger partial charge is 0.223 e. The number of aromatic nitrogens is 3. The standard InChI is InChI=1S/C38H46N6O3/c1-25(2)33-10-11-34(41-40-33)28-5-8-32(9-6-28)47-36-21-35-29(20-30(36)24-43-22-26(3)19-38(43)45)7-12-37(39-35)44-16-15-42(23-27(44)4)31-13-17-46-18-14-31/h5-12,20-21,25-27,31H,13-19,22-24H2,1-4H3/t26-,27+/m0/s1. The van der Waals surface area contributed by atoms with Gasteiger partial charge in [0, 0.05) is 87.0 Å². The summed E-state index contributed by atoms with van der Waals surface area (Å²) in [5.41, 5.74) is 4.65. The molecule has 0 bridgehead atoms. The van der Waals surface area contributed by atoms with Gasteiger partial charge < -0.3 is 19.3 Å². The van der Waals surface area contributed by atoms with Crippen LogP contribution in [0.2, 0.25) is 0 Å². The zero-order valence-corrected chi connectivity index (χ0v) is 28.1. The Hall–Kier alpha value is -4.08. The summed E-state index contributed by atoms with van der Waals surface area (Å²) in [6, 6.07) is 21.5. The van der Waals surface area contributed by atoms with Crippen LogP contribution in [0.1, 0.15) is 64.1 Å². The van der Waals surface area contributed by atoms with Crippen molar-refractivity contribution in [3.8, 4) is 22.8 Å². The number of pyridine rings is 1. The first-order chi connectivity index (χ1) is 22.8. The lowest BCUT2D eigenvalue weighted by Crippen LogP contribution is -2.56. The SMILES string of the molecule is CC(C)c1ccc(-c2ccc(Oc3cc4nc(N5CCN(C6CCOCC6)C[C@H]5C)ccc4cc3CN3C[C@@H](C)CC3=O)cc2)nn1. The zero-order valence-electron chi connectivity index (χ0n) is 28.1. The van der Waals surface area contributed by atoms with Gasteiger partial charge in [-0.15, -0.1) is 0 Å². The van der Waals surface area contributed by atoms with Gasteiger partial charge in [0.1, 0.15) is 17.3 Å². The predicted octanol–water partition coefficient (Wildman–Crippen LogP) is 6.67. The molecule has 4 aromatic rings. The van der Waals surface area contributed by atoms with Gasteiger partial charge in [0.2, 0.25) is 5.91 Å². The normalized spacial score (nSPS) is 21.3. The molecule has 0 unspecified atom stereocenters. The molecule has 3 aliphatic heterocycles. The summed E-state index contributed by atoms with van der Waals surface area (Å²) in [7, 11) is 0. The van der Waals surface area contributed by atoms with Crippen molar-refractivity contribution < 1.29 is 14.3 Å². The van der Waals surface area contributed by atoms with E-state index in [0.717, 1.165) is 103 Å². The number of carbonyl (C=O) groups is 1. The summed E-state index contributed by atoms with van der Waals surface area (Å²) >= 11 is 0. The van der Waals surface area contributed by atoms with E-state index in [4.69, 9.17) is 14.5 Å². The topological polar surface area (TPSA) is 83.9 Å². The largest absolute Gasteiger partial charge is 0.457 e. The molecule has 1 amide bonds. The van der Waals surface area contributed by atoms with E-state index >= 15 is 0 Å². The minimum Gasteiger partial charge on any atom is -0.457 e. The third kappa shape index (κ3) is 6.97. The van der Waals surface area contributed by atoms with Gasteiger partial charge in [-0.2, -0.15) is 10.2 Å². The number of hydrogen-bond acceptors (Lipinski definition) is 8. The quantitative estimate of drug-likeness (QED) is 0.213. The van der Waals surface area contributed by atoms with Gasteiger partial charge >= 0.3 is 0 Å². The number of hydrogen-bond donors (Lipinski definition) is 0. The van der Waals surface area contributed by atoms with E-state index in [1.165, 1.54) is 0 Å². The van der Waals surface area contributed by atoms with E-state index in [-0.39, 0.29) is 5.91 Å². The lowest BCUT2D eigenvalue weighted by atomic mass is 10.0. The average Bonchev–Trinajstić information content (AvgIpc) is 3.41. The Bertz CT molecular complexity index is 1700. The molecule has 5 heterocycles. The molecule has 246 valence electrons. The molecular formula is C38H46N6O3. The van der Waals surface area contributed by atoms with Gasteiger partial charge in [0.25, 0.3) is 0 Å². The fourth-order valence-corrected chi connectivity index (χ4v) is 7.23. The van der Waals surface area contributed by atoms with Crippen molar-refractivity contribution in [2.24, 2.45) is 5.92 Å². The molecule has 3 fully saturated rings. The fourth-order valence-electron chi connectivity index (χ4n) is 7.23. The third-order valence-corrected chi connectivity index (χ3v) is 9.94. The maximum absolute atomic E-state index is 12.8. The van der Waals surface area contributed by atoms with Crippen molar-refractivity contribution in [2.75, 3.05) is 44.3 Å². The number of likely N-dealkylation sites (tertiary alicyclic amines) is 1. The number of amides is 1. The Balaban J connectivity index is 1.14. The van der Waals surface area contributed by atoms with E-state index in [0.29, 0.717) is 36.9 Å². The van der Waals surface area contributed by atoms with Crippen LogP contribution < -0.4 is 9.64 Å². The van der Waals surface area contributed by atoms with Gasteiger partial charge in [0.15, 0.2) is 0 Å². The summed E-state index contributed by atoms with van der Waals surface area (Å²) < 4.78 is 12.2. The molecular weight excluding hydrogens is 588 g/mol. The summed E-state index contributed by atoms with van der Waals surface area (Å²) in [6.07, 6.45) is 2.84. The monoisotopic (exact) mass is 634 g/mol. The summed E-state index contributed by atoms with van der Waals surface area (Å²) in [4.78, 5) is 25.0. The second-order valence-corrected chi connectivity index (χ2v) is 13.9. The van der Waals surface area contributed by atoms with E-state index in [1.54, 1.807) is 0 Å². The first kappa shape index (κ1) is 31.5. The average molecular weight is 635 g/mol. The third-order valence-electron chi connectivity index (χ3n) is 9.94. The molecule has 9 nitrogen and oxygen atoms in total. The van der Waals surface area contributed by atoms with Crippen LogP contribution in [0.3, 0.4) is 0 Å². The number of ether oxygens (including phenoxy) is 2. The van der Waals surface area contributed by atoms with Crippen molar-refractivity contribution >= 4 is 22.6 Å². The van der Waals surface area contributed by atoms with Crippen molar-refractivity contribution in [3.63, 3.8) is 0 Å². The number of rotatable bonds is 8. The lowest BCUT2D eigenvalue weighted by molar-refractivity contribution is -0.128. The second kappa shape index (κ2) is 13.6. The Labute approximate surface area is 277 Å². The number of benzene rings is 2. The molecule has 2 aromatic heterocycles. The molecule has 2 aromatic carbocycles. The van der Waals surface area contributed by atoms with Crippen LogP contribution >= 0.6 is 0 Å². The maximum Gasteiger partial charge on any atom is 0.223 e. The number of carbonyl (C=O) groups excluding carboxylic acids is 1. The Morgan fingerprint density at radius 1 is 0.936 bits per heavy atom. The van der Waals surface area contributed by atoms with E-state index in [1.807, 2.05) is 47.4 Å². The lowest BCUT2D eigenvalue weighted by Gasteiger charge is -2.44. The van der Waals surface area contributed by atoms with Crippen molar-refractivity contribution in [2.45, 2.75) is 71.5 Å². The van der Waals surface area contributed by atoms with Crippen LogP contribution in [0.15, 0.2) is 60.7 Å². The number of fused-ring (bicyclic) bond motifs is 1. The summed E-state index contributed by atoms with van der Waals surface area (Å²) in [5.74, 6) is 3.32. The number of nitrogens with zero attached hydrogens (tertiary/aromatic N) is 6. The first-order valence-corrected chi connectivity index (χ1v) is 17.2. The van der Waals surface area contributed by atoms with Gasteiger partial charge in [-0.3, -0.25) is 9.69 Å². The molecule has 0 aliphatic carbocycles. The van der Waals surface area contributed by atoms with E-state index in [9.17, 15) is 4.79 Å². The van der Waals surface area contributed by atoms with Crippen LogP contribution in [-0.4, -0.2) is 82.4 Å². The van der Waals surface area contributed by atoms with Gasteiger partial charge in [-0.05, 0) is 86.2 Å². The highest BCUT2D eigenvalue weighted by molar-refractivity contribution is 5.84. The highest BCUT2D eigenvalue weighted by atomic mass is 16.5. The highest BCUT2D eigenvalue weighted by Crippen LogP contribution is 2.34. The van der Waals surface area contributed by atoms with Crippen LogP contribution in [0, 0.1) is 5.92 Å². The molecule has 0 spiro atoms. The minimum atomic E-state index is 0.194. The molecule has 2 atom stereocenters. The van der Waals surface area contributed by atoms with Gasteiger partial charge in [0.05, 0.1) is 16.9 Å². The Kier molecular flexibility index (Phi) is 9.10. The minimum absolute atomic E-state index is 0.194. The van der Waals surface area contributed by atoms with Crippen LogP contribution in [0.4, 0.5) is 5.82 Å². The Morgan fingerprint density at radius 3 is 2.43 bits per heavy atom. The van der Waals surface area contributed by atoms with Crippen LogP contribution in [-0.2, 0) is 16.1 Å². The molecule has 0 radical (unpaired) electrons. The Morgan fingerprint density at radius 2 is 1.74 bits per heavy atom. The first-order valence-electron chi connectivity index (χ1n) is 17.2. The summed E-state index contributed by atoms with van der Waals surface area (Å²) in [5, 5.41) is 9.86. The number of piperazine rings is 1. The van der Waals surface area contributed by atoms with E-state index in [2.05, 4.69) is 65.9 Å². The van der Waals surface area contributed by atoms with E-state index < -0.39 is 0 Å². The summed E-state index contributed by atoms with van der Waals surface area (Å²) in [6.45, 7) is 14.7. The molecule has 3 aliphatic rings. The molecule has 9 heteroatoms. The molecule has 47 heavy (non-hydrogen) atoms. The molecule has 0 N–H and O–H groups in total. The molecule has 7 rings (SSSR count). The maximum atomic E-state index is 12.8. The molecule has 3 saturated heterocycles. The van der Waals surface area contributed by atoms with Crippen molar-refractivity contribution in [1.82, 2.24) is 25.0 Å². The van der Waals surface area contributed by atoms with Crippen molar-refractivity contribution in [1.29, 1.82) is 0 Å². The highest BCUT2D eigenvalue weighted by Gasteiger charge is 2.31. The molecule has 0 saturated carbocycles.